The Bertz CT molecular complexity index is 374. The number of esters is 1. The van der Waals surface area contributed by atoms with Gasteiger partial charge in [-0.1, -0.05) is 19.1 Å². The van der Waals surface area contributed by atoms with Crippen LogP contribution in [0.2, 0.25) is 0 Å². The summed E-state index contributed by atoms with van der Waals surface area (Å²) >= 11 is 1.46. The zero-order valence-electron chi connectivity index (χ0n) is 8.65. The van der Waals surface area contributed by atoms with E-state index in [4.69, 9.17) is 0 Å². The maximum absolute atomic E-state index is 11.4. The highest BCUT2D eigenvalue weighted by Crippen LogP contribution is 2.26. The van der Waals surface area contributed by atoms with Crippen LogP contribution < -0.4 is 0 Å². The predicted molar refractivity (Wildman–Crippen MR) is 59.6 cm³/mol. The summed E-state index contributed by atoms with van der Waals surface area (Å²) in [6.07, 6.45) is 0.754. The molecule has 1 aromatic rings. The van der Waals surface area contributed by atoms with Crippen LogP contribution in [0.15, 0.2) is 23.1 Å². The molecule has 1 rings (SSSR count). The minimum Gasteiger partial charge on any atom is -0.465 e. The molecular weight excluding hydrogens is 212 g/mol. The quantitative estimate of drug-likeness (QED) is 0.447. The van der Waals surface area contributed by atoms with Gasteiger partial charge in [0.15, 0.2) is 6.29 Å². The molecule has 15 heavy (non-hydrogen) atoms. The van der Waals surface area contributed by atoms with E-state index in [2.05, 4.69) is 4.74 Å². The number of benzene rings is 1. The molecule has 0 aliphatic carbocycles. The summed E-state index contributed by atoms with van der Waals surface area (Å²) in [5.41, 5.74) is 0.985. The Morgan fingerprint density at radius 2 is 2.27 bits per heavy atom. The van der Waals surface area contributed by atoms with Gasteiger partial charge < -0.3 is 4.74 Å². The number of thioether (sulfide) groups is 1. The Labute approximate surface area is 92.8 Å². The van der Waals surface area contributed by atoms with Crippen LogP contribution in [0.1, 0.15) is 27.6 Å². The molecule has 0 spiro atoms. The molecule has 80 valence electrons. The summed E-state index contributed by atoms with van der Waals surface area (Å²) in [4.78, 5) is 22.9. The minimum absolute atomic E-state index is 0.408. The first-order valence-electron chi connectivity index (χ1n) is 4.53. The van der Waals surface area contributed by atoms with E-state index in [0.29, 0.717) is 16.0 Å². The molecule has 0 heterocycles. The Kier molecular flexibility index (Phi) is 4.37. The van der Waals surface area contributed by atoms with Crippen LogP contribution in [0.3, 0.4) is 0 Å². The second-order valence-electron chi connectivity index (χ2n) is 2.77. The number of aldehydes is 1. The van der Waals surface area contributed by atoms with Gasteiger partial charge in [0.1, 0.15) is 0 Å². The fourth-order valence-electron chi connectivity index (χ4n) is 1.22. The third-order valence-electron chi connectivity index (χ3n) is 1.87. The maximum Gasteiger partial charge on any atom is 0.339 e. The Morgan fingerprint density at radius 3 is 2.80 bits per heavy atom. The summed E-state index contributed by atoms with van der Waals surface area (Å²) in [7, 11) is 1.33. The van der Waals surface area contributed by atoms with Crippen LogP contribution in [0.4, 0.5) is 0 Å². The average molecular weight is 224 g/mol. The predicted octanol–water partition coefficient (Wildman–Crippen LogP) is 2.40. The van der Waals surface area contributed by atoms with Crippen molar-refractivity contribution in [3.8, 4) is 0 Å². The molecule has 0 aliphatic heterocycles. The smallest absolute Gasteiger partial charge is 0.339 e. The largest absolute Gasteiger partial charge is 0.465 e. The molecular formula is C11H12O3S. The van der Waals surface area contributed by atoms with Crippen molar-refractivity contribution in [2.45, 2.75) is 11.8 Å². The average Bonchev–Trinajstić information content (AvgIpc) is 2.28. The number of rotatable bonds is 4. The molecule has 0 saturated heterocycles. The normalized spacial score (nSPS) is 9.73. The fourth-order valence-corrected chi connectivity index (χ4v) is 2.10. The molecule has 0 unspecified atom stereocenters. The summed E-state index contributed by atoms with van der Waals surface area (Å²) in [5, 5.41) is 0. The maximum atomic E-state index is 11.4. The van der Waals surface area contributed by atoms with Crippen molar-refractivity contribution >= 4 is 24.0 Å². The first-order valence-corrected chi connectivity index (χ1v) is 5.52. The van der Waals surface area contributed by atoms with Crippen molar-refractivity contribution in [3.63, 3.8) is 0 Å². The zero-order valence-corrected chi connectivity index (χ0v) is 9.47. The van der Waals surface area contributed by atoms with Gasteiger partial charge in [0.05, 0.1) is 12.7 Å². The Morgan fingerprint density at radius 1 is 1.53 bits per heavy atom. The van der Waals surface area contributed by atoms with Crippen molar-refractivity contribution in [2.75, 3.05) is 12.9 Å². The lowest BCUT2D eigenvalue weighted by molar-refractivity contribution is 0.0597. The van der Waals surface area contributed by atoms with Crippen molar-refractivity contribution in [3.05, 3.63) is 29.3 Å². The zero-order chi connectivity index (χ0) is 11.3. The number of carbonyl (C=O) groups is 2. The van der Waals surface area contributed by atoms with Gasteiger partial charge in [0, 0.05) is 10.5 Å². The highest BCUT2D eigenvalue weighted by Gasteiger charge is 2.14. The van der Waals surface area contributed by atoms with Crippen LogP contribution in [0, 0.1) is 0 Å². The summed E-state index contributed by atoms with van der Waals surface area (Å²) in [6.45, 7) is 1.97. The Hall–Kier alpha value is -1.29. The first-order chi connectivity index (χ1) is 7.24. The van der Waals surface area contributed by atoms with E-state index in [1.54, 1.807) is 18.2 Å². The van der Waals surface area contributed by atoms with Gasteiger partial charge in [-0.3, -0.25) is 4.79 Å². The number of hydrogen-bond acceptors (Lipinski definition) is 4. The Balaban J connectivity index is 3.24. The van der Waals surface area contributed by atoms with E-state index >= 15 is 0 Å². The van der Waals surface area contributed by atoms with E-state index in [9.17, 15) is 9.59 Å². The highest BCUT2D eigenvalue weighted by atomic mass is 32.2. The number of ether oxygens (including phenoxy) is 1. The lowest BCUT2D eigenvalue weighted by Crippen LogP contribution is -2.05. The molecule has 0 atom stereocenters. The number of methoxy groups -OCH3 is 1. The standard InChI is InChI=1S/C11H12O3S/c1-3-15-10-8(7-12)5-4-6-9(10)11(13)14-2/h4-7H,3H2,1-2H3. The minimum atomic E-state index is -0.408. The first kappa shape index (κ1) is 11.8. The molecule has 0 amide bonds. The second kappa shape index (κ2) is 5.56. The van der Waals surface area contributed by atoms with Crippen molar-refractivity contribution in [1.82, 2.24) is 0 Å². The van der Waals surface area contributed by atoms with Crippen molar-refractivity contribution < 1.29 is 14.3 Å². The topological polar surface area (TPSA) is 43.4 Å². The van der Waals surface area contributed by atoms with Gasteiger partial charge in [-0.15, -0.1) is 11.8 Å². The molecule has 0 radical (unpaired) electrons. The number of carbonyl (C=O) groups excluding carboxylic acids is 2. The van der Waals surface area contributed by atoms with E-state index in [1.165, 1.54) is 18.9 Å². The molecule has 0 fully saturated rings. The third-order valence-corrected chi connectivity index (χ3v) is 2.90. The summed E-state index contributed by atoms with van der Waals surface area (Å²) in [5.74, 6) is 0.393. The summed E-state index contributed by atoms with van der Waals surface area (Å²) < 4.78 is 4.65. The third kappa shape index (κ3) is 2.59. The monoisotopic (exact) mass is 224 g/mol. The fraction of sp³-hybridized carbons (Fsp3) is 0.273. The van der Waals surface area contributed by atoms with Crippen LogP contribution in [0.5, 0.6) is 0 Å². The lowest BCUT2D eigenvalue weighted by atomic mass is 10.1. The highest BCUT2D eigenvalue weighted by molar-refractivity contribution is 7.99. The molecule has 0 saturated carbocycles. The van der Waals surface area contributed by atoms with E-state index in [1.807, 2.05) is 6.92 Å². The van der Waals surface area contributed by atoms with Gasteiger partial charge >= 0.3 is 5.97 Å². The molecule has 3 nitrogen and oxygen atoms in total. The van der Waals surface area contributed by atoms with Crippen molar-refractivity contribution in [2.24, 2.45) is 0 Å². The van der Waals surface area contributed by atoms with Crippen LogP contribution in [0.25, 0.3) is 0 Å². The van der Waals surface area contributed by atoms with E-state index in [0.717, 1.165) is 12.0 Å². The van der Waals surface area contributed by atoms with Crippen molar-refractivity contribution in [1.29, 1.82) is 0 Å². The van der Waals surface area contributed by atoms with Crippen LogP contribution in [-0.4, -0.2) is 25.1 Å². The lowest BCUT2D eigenvalue weighted by Gasteiger charge is -2.08. The SMILES string of the molecule is CCSc1c(C=O)cccc1C(=O)OC. The van der Waals surface area contributed by atoms with E-state index in [-0.39, 0.29) is 0 Å². The molecule has 1 aromatic carbocycles. The number of hydrogen-bond donors (Lipinski definition) is 0. The van der Waals surface area contributed by atoms with Gasteiger partial charge in [0.2, 0.25) is 0 Å². The van der Waals surface area contributed by atoms with Gasteiger partial charge in [0.25, 0.3) is 0 Å². The molecule has 0 aromatic heterocycles. The van der Waals surface area contributed by atoms with Gasteiger partial charge in [-0.05, 0) is 11.8 Å². The van der Waals surface area contributed by atoms with Gasteiger partial charge in [-0.2, -0.15) is 0 Å². The molecule has 0 aliphatic rings. The molecule has 0 bridgehead atoms. The molecule has 4 heteroatoms. The van der Waals surface area contributed by atoms with Crippen LogP contribution in [-0.2, 0) is 4.74 Å². The summed E-state index contributed by atoms with van der Waals surface area (Å²) in [6, 6.07) is 5.03. The van der Waals surface area contributed by atoms with E-state index < -0.39 is 5.97 Å². The van der Waals surface area contributed by atoms with Gasteiger partial charge in [-0.25, -0.2) is 4.79 Å². The van der Waals surface area contributed by atoms with Crippen LogP contribution >= 0.6 is 11.8 Å². The second-order valence-corrected chi connectivity index (χ2v) is 4.04. The molecule has 0 N–H and O–H groups in total.